The van der Waals surface area contributed by atoms with Gasteiger partial charge in [0.2, 0.25) is 5.78 Å². The zero-order valence-corrected chi connectivity index (χ0v) is 13.5. The quantitative estimate of drug-likeness (QED) is 0.748. The molecule has 0 radical (unpaired) electrons. The van der Waals surface area contributed by atoms with Crippen LogP contribution in [0, 0.1) is 5.92 Å². The van der Waals surface area contributed by atoms with E-state index >= 15 is 0 Å². The monoisotopic (exact) mass is 315 g/mol. The maximum Gasteiger partial charge on any atom is 0.291 e. The molecule has 1 aliphatic heterocycles. The van der Waals surface area contributed by atoms with Crippen LogP contribution in [-0.4, -0.2) is 34.7 Å². The zero-order chi connectivity index (χ0) is 16.5. The highest BCUT2D eigenvalue weighted by Gasteiger charge is 2.20. The molecular formula is C18H25N3O2. The average molecular weight is 315 g/mol. The third kappa shape index (κ3) is 5.94. The molecule has 23 heavy (non-hydrogen) atoms. The van der Waals surface area contributed by atoms with Crippen LogP contribution in [0.1, 0.15) is 37.7 Å². The second kappa shape index (κ2) is 9.20. The maximum atomic E-state index is 11.6. The molecule has 5 nitrogen and oxygen atoms in total. The predicted molar refractivity (Wildman–Crippen MR) is 89.4 cm³/mol. The number of amides is 1. The van der Waals surface area contributed by atoms with Crippen molar-refractivity contribution in [1.82, 2.24) is 15.2 Å². The van der Waals surface area contributed by atoms with Crippen LogP contribution in [0.3, 0.4) is 0 Å². The van der Waals surface area contributed by atoms with E-state index in [2.05, 4.69) is 33.9 Å². The summed E-state index contributed by atoms with van der Waals surface area (Å²) in [6.45, 7) is 6.55. The van der Waals surface area contributed by atoms with E-state index in [-0.39, 0.29) is 5.78 Å². The van der Waals surface area contributed by atoms with Gasteiger partial charge in [-0.3, -0.25) is 19.5 Å². The van der Waals surface area contributed by atoms with Crippen molar-refractivity contribution in [3.8, 4) is 0 Å². The fourth-order valence-electron chi connectivity index (χ4n) is 3.02. The first-order valence-corrected chi connectivity index (χ1v) is 8.25. The van der Waals surface area contributed by atoms with Crippen LogP contribution in [-0.2, 0) is 16.1 Å². The lowest BCUT2D eigenvalue weighted by Gasteiger charge is -2.32. The molecule has 1 aliphatic rings. The largest absolute Gasteiger partial charge is 0.327 e. The molecule has 1 aromatic rings. The molecule has 0 aromatic carbocycles. The Morgan fingerprint density at radius 2 is 2.00 bits per heavy atom. The number of aromatic nitrogens is 1. The molecule has 5 heteroatoms. The van der Waals surface area contributed by atoms with Gasteiger partial charge in [0.25, 0.3) is 5.91 Å². The Bertz CT molecular complexity index is 522. The lowest BCUT2D eigenvalue weighted by molar-refractivity contribution is -0.137. The number of Topliss-reactive ketones (excluding diaryl/α,β-unsaturated/α-hetero) is 1. The van der Waals surface area contributed by atoms with Crippen LogP contribution in [0.5, 0.6) is 0 Å². The standard InChI is InChI=1S/C18H25N3O2/c1-2-20-18(23)17(22)5-3-4-15-8-12-21(13-9-15)14-16-6-10-19-11-7-16/h2,6-7,10-11,15H,1,3-5,8-9,12-14H2,(H,20,23). The van der Waals surface area contributed by atoms with Crippen molar-refractivity contribution in [2.45, 2.75) is 38.6 Å². The second-order valence-electron chi connectivity index (χ2n) is 6.07. The summed E-state index contributed by atoms with van der Waals surface area (Å²) in [4.78, 5) is 29.4. The minimum absolute atomic E-state index is 0.330. The summed E-state index contributed by atoms with van der Waals surface area (Å²) in [6.07, 6.45) is 9.39. The SMILES string of the molecule is C=CNC(=O)C(=O)CCCC1CCN(Cc2ccncc2)CC1. The number of likely N-dealkylation sites (tertiary alicyclic amines) is 1. The summed E-state index contributed by atoms with van der Waals surface area (Å²) < 4.78 is 0. The third-order valence-corrected chi connectivity index (χ3v) is 4.37. The van der Waals surface area contributed by atoms with Gasteiger partial charge in [0, 0.05) is 25.4 Å². The lowest BCUT2D eigenvalue weighted by atomic mass is 9.91. The first-order valence-electron chi connectivity index (χ1n) is 8.25. The van der Waals surface area contributed by atoms with Crippen LogP contribution >= 0.6 is 0 Å². The number of hydrogen-bond donors (Lipinski definition) is 1. The molecule has 1 fully saturated rings. The summed E-state index contributed by atoms with van der Waals surface area (Å²) >= 11 is 0. The molecule has 1 N–H and O–H groups in total. The zero-order valence-electron chi connectivity index (χ0n) is 13.5. The molecule has 0 aliphatic carbocycles. The van der Waals surface area contributed by atoms with E-state index in [1.165, 1.54) is 11.8 Å². The number of ketones is 1. The van der Waals surface area contributed by atoms with Gasteiger partial charge in [0.05, 0.1) is 0 Å². The third-order valence-electron chi connectivity index (χ3n) is 4.37. The molecule has 0 unspecified atom stereocenters. The summed E-state index contributed by atoms with van der Waals surface area (Å²) in [5, 5.41) is 2.33. The van der Waals surface area contributed by atoms with Crippen LogP contribution in [0.4, 0.5) is 0 Å². The number of rotatable bonds is 8. The van der Waals surface area contributed by atoms with Crippen LogP contribution in [0.25, 0.3) is 0 Å². The molecule has 1 amide bonds. The van der Waals surface area contributed by atoms with Crippen molar-refractivity contribution in [2.75, 3.05) is 13.1 Å². The summed E-state index contributed by atoms with van der Waals surface area (Å²) in [7, 11) is 0. The first-order chi connectivity index (χ1) is 11.2. The highest BCUT2D eigenvalue weighted by atomic mass is 16.2. The fraction of sp³-hybridized carbons (Fsp3) is 0.500. The Labute approximate surface area is 137 Å². The Hall–Kier alpha value is -2.01. The van der Waals surface area contributed by atoms with Crippen molar-refractivity contribution in [2.24, 2.45) is 5.92 Å². The van der Waals surface area contributed by atoms with Gasteiger partial charge in [-0.25, -0.2) is 0 Å². The molecular weight excluding hydrogens is 290 g/mol. The van der Waals surface area contributed by atoms with Crippen molar-refractivity contribution >= 4 is 11.7 Å². The van der Waals surface area contributed by atoms with Gasteiger partial charge in [-0.05, 0) is 68.6 Å². The Kier molecular flexibility index (Phi) is 6.94. The van der Waals surface area contributed by atoms with Crippen LogP contribution < -0.4 is 5.32 Å². The number of carbonyl (C=O) groups is 2. The highest BCUT2D eigenvalue weighted by Crippen LogP contribution is 2.23. The summed E-state index contributed by atoms with van der Waals surface area (Å²) in [6, 6.07) is 4.12. The lowest BCUT2D eigenvalue weighted by Crippen LogP contribution is -2.33. The smallest absolute Gasteiger partial charge is 0.291 e. The van der Waals surface area contributed by atoms with Crippen molar-refractivity contribution in [3.63, 3.8) is 0 Å². The molecule has 1 saturated heterocycles. The van der Waals surface area contributed by atoms with Gasteiger partial charge in [-0.15, -0.1) is 0 Å². The Morgan fingerprint density at radius 3 is 2.65 bits per heavy atom. The van der Waals surface area contributed by atoms with E-state index in [4.69, 9.17) is 0 Å². The molecule has 0 spiro atoms. The van der Waals surface area contributed by atoms with Crippen molar-refractivity contribution in [3.05, 3.63) is 42.9 Å². The van der Waals surface area contributed by atoms with E-state index in [9.17, 15) is 9.59 Å². The van der Waals surface area contributed by atoms with Gasteiger partial charge in [0.1, 0.15) is 0 Å². The summed E-state index contributed by atoms with van der Waals surface area (Å²) in [5.41, 5.74) is 1.30. The molecule has 0 atom stereocenters. The highest BCUT2D eigenvalue weighted by molar-refractivity contribution is 6.36. The average Bonchev–Trinajstić information content (AvgIpc) is 2.57. The summed E-state index contributed by atoms with van der Waals surface area (Å²) in [5.74, 6) is -0.230. The second-order valence-corrected chi connectivity index (χ2v) is 6.07. The van der Waals surface area contributed by atoms with Gasteiger partial charge in [0.15, 0.2) is 0 Å². The van der Waals surface area contributed by atoms with E-state index in [1.54, 1.807) is 0 Å². The minimum Gasteiger partial charge on any atom is -0.327 e. The topological polar surface area (TPSA) is 62.3 Å². The van der Waals surface area contributed by atoms with Crippen LogP contribution in [0.15, 0.2) is 37.3 Å². The number of pyridine rings is 1. The normalized spacial score (nSPS) is 16.0. The van der Waals surface area contributed by atoms with E-state index in [0.717, 1.165) is 45.3 Å². The number of hydrogen-bond acceptors (Lipinski definition) is 4. The first kappa shape index (κ1) is 17.3. The molecule has 0 bridgehead atoms. The molecule has 0 saturated carbocycles. The van der Waals surface area contributed by atoms with Crippen LogP contribution in [0.2, 0.25) is 0 Å². The van der Waals surface area contributed by atoms with E-state index < -0.39 is 5.91 Å². The van der Waals surface area contributed by atoms with Gasteiger partial charge >= 0.3 is 0 Å². The maximum absolute atomic E-state index is 11.6. The number of nitrogens with one attached hydrogen (secondary N) is 1. The Balaban J connectivity index is 1.62. The van der Waals surface area contributed by atoms with Gasteiger partial charge in [-0.2, -0.15) is 0 Å². The van der Waals surface area contributed by atoms with Crippen molar-refractivity contribution < 1.29 is 9.59 Å². The minimum atomic E-state index is -0.549. The van der Waals surface area contributed by atoms with Crippen molar-refractivity contribution in [1.29, 1.82) is 0 Å². The molecule has 1 aromatic heterocycles. The van der Waals surface area contributed by atoms with Gasteiger partial charge in [-0.1, -0.05) is 6.58 Å². The number of piperidine rings is 1. The Morgan fingerprint density at radius 1 is 1.30 bits per heavy atom. The van der Waals surface area contributed by atoms with E-state index in [1.807, 2.05) is 12.4 Å². The number of carbonyl (C=O) groups excluding carboxylic acids is 2. The molecule has 2 heterocycles. The number of nitrogens with zero attached hydrogens (tertiary/aromatic N) is 2. The predicted octanol–water partition coefficient (Wildman–Crippen LogP) is 2.29. The molecule has 124 valence electrons. The molecule has 2 rings (SSSR count). The van der Waals surface area contributed by atoms with Gasteiger partial charge < -0.3 is 5.32 Å². The van der Waals surface area contributed by atoms with E-state index in [0.29, 0.717) is 12.3 Å². The fourth-order valence-corrected chi connectivity index (χ4v) is 3.02.